The van der Waals surface area contributed by atoms with Crippen LogP contribution in [0.5, 0.6) is 0 Å². The fraction of sp³-hybridized carbons (Fsp3) is 0.897. The van der Waals surface area contributed by atoms with Crippen LogP contribution in [0.1, 0.15) is 64.7 Å². The summed E-state index contributed by atoms with van der Waals surface area (Å²) in [6.07, 6.45) is -9.77. The molecule has 2 fully saturated rings. The third-order valence-electron chi connectivity index (χ3n) is 7.93. The first-order valence-corrected chi connectivity index (χ1v) is 15.8. The van der Waals surface area contributed by atoms with Gasteiger partial charge in [0.25, 0.3) is 0 Å². The number of amides is 2. The highest BCUT2D eigenvalue weighted by Gasteiger charge is 2.45. The Bertz CT molecular complexity index is 910. The van der Waals surface area contributed by atoms with E-state index in [0.29, 0.717) is 51.5 Å². The lowest BCUT2D eigenvalue weighted by Crippen LogP contribution is -2.59. The molecular formula is C29H52N2O15. The summed E-state index contributed by atoms with van der Waals surface area (Å²) in [6.45, 7) is 0.898. The molecule has 2 aliphatic rings. The average molecular weight is 669 g/mol. The Morgan fingerprint density at radius 1 is 0.652 bits per heavy atom. The van der Waals surface area contributed by atoms with Crippen LogP contribution in [-0.2, 0) is 33.3 Å². The second-order valence-electron chi connectivity index (χ2n) is 11.6. The number of aliphatic hydroxyl groups is 8. The lowest BCUT2D eigenvalue weighted by atomic mass is 9.99. The quantitative estimate of drug-likeness (QED) is 0.0528. The van der Waals surface area contributed by atoms with Gasteiger partial charge < -0.3 is 70.4 Å². The van der Waals surface area contributed by atoms with Gasteiger partial charge in [-0.05, 0) is 51.9 Å². The van der Waals surface area contributed by atoms with Crippen LogP contribution in [0.2, 0.25) is 0 Å². The van der Waals surface area contributed by atoms with Gasteiger partial charge in [0.2, 0.25) is 11.8 Å². The largest absolute Gasteiger partial charge is 0.394 e. The molecule has 2 amide bonds. The Balaban J connectivity index is 1.52. The molecule has 17 nitrogen and oxygen atoms in total. The molecule has 0 saturated carbocycles. The average Bonchev–Trinajstić information content (AvgIpc) is 3.03. The molecule has 0 aromatic rings. The maximum Gasteiger partial charge on any atom is 0.220 e. The molecule has 0 aromatic carbocycles. The first kappa shape index (κ1) is 40.3. The fourth-order valence-corrected chi connectivity index (χ4v) is 5.02. The van der Waals surface area contributed by atoms with Crippen molar-refractivity contribution in [2.24, 2.45) is 0 Å². The van der Waals surface area contributed by atoms with Crippen molar-refractivity contribution in [3.63, 3.8) is 0 Å². The first-order chi connectivity index (χ1) is 21.9. The summed E-state index contributed by atoms with van der Waals surface area (Å²) in [5.41, 5.74) is 0. The zero-order chi connectivity index (χ0) is 34.2. The summed E-state index contributed by atoms with van der Waals surface area (Å²) in [5.74, 6) is -0.661. The minimum atomic E-state index is -1.53. The highest BCUT2D eigenvalue weighted by molar-refractivity contribution is 5.87. The number of hydrogen-bond donors (Lipinski definition) is 10. The highest BCUT2D eigenvalue weighted by Crippen LogP contribution is 2.23. The van der Waals surface area contributed by atoms with Crippen LogP contribution in [0, 0.1) is 0 Å². The van der Waals surface area contributed by atoms with E-state index in [0.717, 1.165) is 0 Å². The Kier molecular flexibility index (Phi) is 18.6. The molecule has 11 atom stereocenters. The van der Waals surface area contributed by atoms with E-state index >= 15 is 0 Å². The predicted molar refractivity (Wildman–Crippen MR) is 157 cm³/mol. The van der Waals surface area contributed by atoms with Crippen molar-refractivity contribution in [3.8, 4) is 0 Å². The van der Waals surface area contributed by atoms with Crippen LogP contribution in [0.4, 0.5) is 0 Å². The normalized spacial score (nSPS) is 32.1. The summed E-state index contributed by atoms with van der Waals surface area (Å²) in [7, 11) is 0. The van der Waals surface area contributed by atoms with E-state index < -0.39 is 80.7 Å². The number of hydrogen-bond acceptors (Lipinski definition) is 15. The van der Waals surface area contributed by atoms with Crippen molar-refractivity contribution < 1.29 is 74.2 Å². The number of ketones is 1. The number of carbonyl (C=O) groups is 3. The van der Waals surface area contributed by atoms with E-state index in [1.54, 1.807) is 0 Å². The van der Waals surface area contributed by atoms with Crippen molar-refractivity contribution in [1.29, 1.82) is 0 Å². The lowest BCUT2D eigenvalue weighted by Gasteiger charge is -2.39. The molecule has 0 aliphatic carbocycles. The van der Waals surface area contributed by atoms with E-state index in [1.807, 2.05) is 0 Å². The van der Waals surface area contributed by atoms with Gasteiger partial charge in [0, 0.05) is 32.6 Å². The van der Waals surface area contributed by atoms with Crippen LogP contribution in [-0.4, -0.2) is 159 Å². The summed E-state index contributed by atoms with van der Waals surface area (Å²) in [4.78, 5) is 36.5. The molecule has 10 N–H and O–H groups in total. The number of rotatable bonds is 21. The van der Waals surface area contributed by atoms with Gasteiger partial charge in [-0.25, -0.2) is 0 Å². The summed E-state index contributed by atoms with van der Waals surface area (Å²) >= 11 is 0. The van der Waals surface area contributed by atoms with E-state index in [4.69, 9.17) is 18.9 Å². The standard InChI is InChI=1S/C29H52N2O15/c1-16(34)17(31-21(36)10-4-7-13-44-29-27(42)25(40)23(38)19(15-33)46-29)8-2-5-11-30-20(35)9-3-6-12-43-28-26(41)24(39)22(37)18(14-32)45-28/h17-19,22-29,32-33,37-42H,2-15H2,1H3,(H,30,35)(H,31,36)/t17?,18?,19?,22-,23?,24?,25?,26?,27?,28?,29?/m0/s1. The summed E-state index contributed by atoms with van der Waals surface area (Å²) in [6, 6.07) is -0.655. The smallest absolute Gasteiger partial charge is 0.220 e. The molecule has 0 radical (unpaired) electrons. The molecule has 46 heavy (non-hydrogen) atoms. The second kappa shape index (κ2) is 21.2. The van der Waals surface area contributed by atoms with Gasteiger partial charge in [0.05, 0.1) is 19.3 Å². The zero-order valence-corrected chi connectivity index (χ0v) is 26.2. The van der Waals surface area contributed by atoms with Crippen molar-refractivity contribution >= 4 is 17.6 Å². The van der Waals surface area contributed by atoms with Crippen LogP contribution in [0.3, 0.4) is 0 Å². The van der Waals surface area contributed by atoms with Crippen LogP contribution < -0.4 is 10.6 Å². The molecule has 0 bridgehead atoms. The van der Waals surface area contributed by atoms with Crippen molar-refractivity contribution in [2.75, 3.05) is 33.0 Å². The third-order valence-corrected chi connectivity index (χ3v) is 7.93. The molecule has 268 valence electrons. The summed E-state index contributed by atoms with van der Waals surface area (Å²) in [5, 5.41) is 83.1. The third kappa shape index (κ3) is 13.0. The van der Waals surface area contributed by atoms with Gasteiger partial charge in [0.1, 0.15) is 48.8 Å². The highest BCUT2D eigenvalue weighted by atomic mass is 16.7. The maximum atomic E-state index is 12.3. The van der Waals surface area contributed by atoms with Crippen molar-refractivity contribution in [3.05, 3.63) is 0 Å². The number of carbonyl (C=O) groups excluding carboxylic acids is 3. The van der Waals surface area contributed by atoms with Crippen LogP contribution in [0.25, 0.3) is 0 Å². The topological polar surface area (TPSA) is 274 Å². The number of nitrogens with one attached hydrogen (secondary N) is 2. The minimum absolute atomic E-state index is 0.0910. The molecule has 10 unspecified atom stereocenters. The molecule has 2 saturated heterocycles. The second-order valence-corrected chi connectivity index (χ2v) is 11.6. The molecular weight excluding hydrogens is 616 g/mol. The van der Waals surface area contributed by atoms with Gasteiger partial charge >= 0.3 is 0 Å². The van der Waals surface area contributed by atoms with Gasteiger partial charge in [0.15, 0.2) is 18.4 Å². The van der Waals surface area contributed by atoms with Gasteiger partial charge in [-0.1, -0.05) is 0 Å². The minimum Gasteiger partial charge on any atom is -0.394 e. The number of aliphatic hydroxyl groups excluding tert-OH is 8. The SMILES string of the molecule is CC(=O)C(CCCCNC(=O)CCCCOC1OC(CO)[C@H](O)C(O)C1O)NC(=O)CCCCOC1OC(CO)C(O)C(O)C1O. The Morgan fingerprint density at radius 2 is 1.13 bits per heavy atom. The molecule has 2 aliphatic heterocycles. The maximum absolute atomic E-state index is 12.3. The van der Waals surface area contributed by atoms with Crippen molar-refractivity contribution in [1.82, 2.24) is 10.6 Å². The Morgan fingerprint density at radius 3 is 1.59 bits per heavy atom. The molecule has 0 spiro atoms. The first-order valence-electron chi connectivity index (χ1n) is 15.8. The van der Waals surface area contributed by atoms with Gasteiger partial charge in [-0.2, -0.15) is 0 Å². The molecule has 0 aromatic heterocycles. The van der Waals surface area contributed by atoms with Gasteiger partial charge in [-0.15, -0.1) is 0 Å². The van der Waals surface area contributed by atoms with E-state index in [-0.39, 0.29) is 43.7 Å². The van der Waals surface area contributed by atoms with Gasteiger partial charge in [-0.3, -0.25) is 14.4 Å². The van der Waals surface area contributed by atoms with E-state index in [2.05, 4.69) is 10.6 Å². The Hall–Kier alpha value is -1.87. The zero-order valence-electron chi connectivity index (χ0n) is 26.2. The molecule has 2 heterocycles. The van der Waals surface area contributed by atoms with Crippen LogP contribution >= 0.6 is 0 Å². The summed E-state index contributed by atoms with van der Waals surface area (Å²) < 4.78 is 21.3. The monoisotopic (exact) mass is 668 g/mol. The number of unbranched alkanes of at least 4 members (excludes halogenated alkanes) is 3. The number of Topliss-reactive ketones (excluding diaryl/α,β-unsaturated/α-hetero) is 1. The van der Waals surface area contributed by atoms with E-state index in [9.17, 15) is 55.2 Å². The molecule has 2 rings (SSSR count). The number of ether oxygens (including phenoxy) is 4. The molecule has 17 heteroatoms. The fourth-order valence-electron chi connectivity index (χ4n) is 5.02. The predicted octanol–water partition coefficient (Wildman–Crippen LogP) is -3.68. The van der Waals surface area contributed by atoms with E-state index in [1.165, 1.54) is 6.92 Å². The Labute approximate surface area is 267 Å². The van der Waals surface area contributed by atoms with Crippen molar-refractivity contribution in [2.45, 2.75) is 132 Å². The lowest BCUT2D eigenvalue weighted by molar-refractivity contribution is -0.301. The van der Waals surface area contributed by atoms with Crippen LogP contribution in [0.15, 0.2) is 0 Å².